The predicted octanol–water partition coefficient (Wildman–Crippen LogP) is 1.31. The zero-order chi connectivity index (χ0) is 15.8. The molecule has 0 bridgehead atoms. The third-order valence-corrected chi connectivity index (χ3v) is 3.53. The lowest BCUT2D eigenvalue weighted by molar-refractivity contribution is -0.112. The molecule has 6 heteroatoms. The largest absolute Gasteiger partial charge is 0.324 e. The summed E-state index contributed by atoms with van der Waals surface area (Å²) < 4.78 is 0. The molecule has 0 saturated heterocycles. The lowest BCUT2D eigenvalue weighted by Gasteiger charge is -2.22. The van der Waals surface area contributed by atoms with E-state index in [0.29, 0.717) is 18.5 Å². The smallest absolute Gasteiger partial charge is 0.255 e. The molecule has 114 valence electrons. The molecule has 1 aliphatic rings. The Morgan fingerprint density at radius 1 is 1.38 bits per heavy atom. The van der Waals surface area contributed by atoms with Crippen molar-refractivity contribution in [3.8, 4) is 0 Å². The minimum absolute atomic E-state index is 0.163. The Bertz CT molecular complexity index is 520. The Morgan fingerprint density at radius 3 is 2.57 bits per heavy atom. The second-order valence-electron chi connectivity index (χ2n) is 4.68. The van der Waals surface area contributed by atoms with Crippen molar-refractivity contribution in [3.63, 3.8) is 0 Å². The number of rotatable bonds is 5. The number of hydrogen-bond acceptors (Lipinski definition) is 5. The quantitative estimate of drug-likeness (QED) is 0.636. The molecule has 1 atom stereocenters. The standard InChI is InChI=1S/C13H13NO3S.C2H7N/c15-6-2-3-9(8-16)14-7-11-10(13(14)17)4-1-5-12(11)18;1-3-2/h1,4-6,8-9,18H,2-3,7H2;3H,1-2H3. The van der Waals surface area contributed by atoms with Gasteiger partial charge in [-0.15, -0.1) is 12.6 Å². The maximum atomic E-state index is 12.2. The van der Waals surface area contributed by atoms with Crippen molar-refractivity contribution in [2.24, 2.45) is 0 Å². The van der Waals surface area contributed by atoms with Crippen LogP contribution in [0.25, 0.3) is 0 Å². The number of hydrogen-bond donors (Lipinski definition) is 2. The summed E-state index contributed by atoms with van der Waals surface area (Å²) in [5.74, 6) is -0.163. The van der Waals surface area contributed by atoms with Gasteiger partial charge in [-0.1, -0.05) is 6.07 Å². The second-order valence-corrected chi connectivity index (χ2v) is 5.17. The number of thiol groups is 1. The first-order valence-electron chi connectivity index (χ1n) is 6.69. The molecule has 21 heavy (non-hydrogen) atoms. The molecule has 0 aliphatic carbocycles. The highest BCUT2D eigenvalue weighted by Crippen LogP contribution is 2.29. The van der Waals surface area contributed by atoms with Crippen LogP contribution in [0.1, 0.15) is 28.8 Å². The summed E-state index contributed by atoms with van der Waals surface area (Å²) in [7, 11) is 3.75. The number of carbonyl (C=O) groups is 3. The monoisotopic (exact) mass is 308 g/mol. The van der Waals surface area contributed by atoms with Crippen LogP contribution in [-0.2, 0) is 16.1 Å². The Morgan fingerprint density at radius 2 is 2.05 bits per heavy atom. The molecule has 0 fully saturated rings. The molecular formula is C15H20N2O3S. The van der Waals surface area contributed by atoms with Crippen molar-refractivity contribution < 1.29 is 14.4 Å². The highest BCUT2D eigenvalue weighted by atomic mass is 32.1. The van der Waals surface area contributed by atoms with Crippen molar-refractivity contribution in [3.05, 3.63) is 29.3 Å². The third-order valence-electron chi connectivity index (χ3n) is 3.11. The van der Waals surface area contributed by atoms with Gasteiger partial charge in [-0.2, -0.15) is 0 Å². The van der Waals surface area contributed by atoms with Gasteiger partial charge in [-0.05, 0) is 38.2 Å². The average molecular weight is 308 g/mol. The summed E-state index contributed by atoms with van der Waals surface area (Å²) in [5.41, 5.74) is 1.45. The van der Waals surface area contributed by atoms with Crippen LogP contribution in [0.3, 0.4) is 0 Å². The van der Waals surface area contributed by atoms with E-state index in [1.54, 1.807) is 12.1 Å². The van der Waals surface area contributed by atoms with Crippen molar-refractivity contribution in [1.82, 2.24) is 10.2 Å². The normalized spacial score (nSPS) is 14.0. The van der Waals surface area contributed by atoms with E-state index >= 15 is 0 Å². The number of amides is 1. The number of nitrogens with one attached hydrogen (secondary N) is 1. The molecule has 0 spiro atoms. The van der Waals surface area contributed by atoms with Gasteiger partial charge < -0.3 is 19.8 Å². The molecule has 0 radical (unpaired) electrons. The molecule has 1 heterocycles. The van der Waals surface area contributed by atoms with E-state index in [-0.39, 0.29) is 12.3 Å². The van der Waals surface area contributed by atoms with Crippen LogP contribution in [0.15, 0.2) is 23.1 Å². The molecule has 1 aromatic carbocycles. The van der Waals surface area contributed by atoms with Crippen molar-refractivity contribution in [1.29, 1.82) is 0 Å². The molecule has 1 aromatic rings. The van der Waals surface area contributed by atoms with Gasteiger partial charge >= 0.3 is 0 Å². The van der Waals surface area contributed by atoms with Gasteiger partial charge in [0.2, 0.25) is 0 Å². The Balaban J connectivity index is 0.000000677. The summed E-state index contributed by atoms with van der Waals surface area (Å²) >= 11 is 4.31. The number of fused-ring (bicyclic) bond motifs is 1. The summed E-state index contributed by atoms with van der Waals surface area (Å²) in [6.07, 6.45) is 2.13. The van der Waals surface area contributed by atoms with Gasteiger partial charge in [-0.25, -0.2) is 0 Å². The fraction of sp³-hybridized carbons (Fsp3) is 0.400. The molecule has 1 N–H and O–H groups in total. The van der Waals surface area contributed by atoms with Crippen molar-refractivity contribution >= 4 is 31.1 Å². The highest BCUT2D eigenvalue weighted by molar-refractivity contribution is 7.80. The van der Waals surface area contributed by atoms with Crippen LogP contribution < -0.4 is 5.32 Å². The Labute approximate surface area is 130 Å². The highest BCUT2D eigenvalue weighted by Gasteiger charge is 2.33. The van der Waals surface area contributed by atoms with Gasteiger partial charge in [-0.3, -0.25) is 4.79 Å². The van der Waals surface area contributed by atoms with E-state index in [9.17, 15) is 14.4 Å². The number of carbonyl (C=O) groups excluding carboxylic acids is 3. The molecule has 2 rings (SSSR count). The lowest BCUT2D eigenvalue weighted by Crippen LogP contribution is -2.36. The summed E-state index contributed by atoms with van der Waals surface area (Å²) in [4.78, 5) is 35.8. The lowest BCUT2D eigenvalue weighted by atomic mass is 10.1. The van der Waals surface area contributed by atoms with Crippen LogP contribution in [0, 0.1) is 0 Å². The predicted molar refractivity (Wildman–Crippen MR) is 83.7 cm³/mol. The Kier molecular flexibility index (Phi) is 7.11. The van der Waals surface area contributed by atoms with Crippen molar-refractivity contribution in [2.45, 2.75) is 30.3 Å². The van der Waals surface area contributed by atoms with E-state index in [0.717, 1.165) is 23.0 Å². The van der Waals surface area contributed by atoms with Crippen LogP contribution in [0.2, 0.25) is 0 Å². The zero-order valence-electron chi connectivity index (χ0n) is 12.2. The molecule has 5 nitrogen and oxygen atoms in total. The maximum absolute atomic E-state index is 12.2. The van der Waals surface area contributed by atoms with Gasteiger partial charge in [0.1, 0.15) is 12.6 Å². The fourth-order valence-corrected chi connectivity index (χ4v) is 2.42. The second kappa shape index (κ2) is 8.59. The Hall–Kier alpha value is -1.66. The zero-order valence-corrected chi connectivity index (χ0v) is 13.1. The van der Waals surface area contributed by atoms with Crippen LogP contribution in [0.5, 0.6) is 0 Å². The van der Waals surface area contributed by atoms with Gasteiger partial charge in [0.15, 0.2) is 0 Å². The van der Waals surface area contributed by atoms with Crippen LogP contribution >= 0.6 is 12.6 Å². The SMILES string of the molecule is CNC.O=CCCC(C=O)N1Cc2c(S)cccc2C1=O. The van der Waals surface area contributed by atoms with Crippen molar-refractivity contribution in [2.75, 3.05) is 14.1 Å². The van der Waals surface area contributed by atoms with E-state index in [2.05, 4.69) is 17.9 Å². The summed E-state index contributed by atoms with van der Waals surface area (Å²) in [6, 6.07) is 4.78. The average Bonchev–Trinajstić information content (AvgIpc) is 2.80. The molecule has 1 unspecified atom stereocenters. The first-order chi connectivity index (χ1) is 10.1. The van der Waals surface area contributed by atoms with E-state index in [1.165, 1.54) is 4.90 Å². The van der Waals surface area contributed by atoms with E-state index in [4.69, 9.17) is 0 Å². The molecule has 1 amide bonds. The summed E-state index contributed by atoms with van der Waals surface area (Å²) in [6.45, 7) is 0.385. The first-order valence-corrected chi connectivity index (χ1v) is 7.14. The van der Waals surface area contributed by atoms with Gasteiger partial charge in [0, 0.05) is 23.4 Å². The number of aldehydes is 2. The maximum Gasteiger partial charge on any atom is 0.255 e. The summed E-state index contributed by atoms with van der Waals surface area (Å²) in [5, 5.41) is 2.75. The molecule has 1 aliphatic heterocycles. The van der Waals surface area contributed by atoms with Crippen LogP contribution in [0.4, 0.5) is 0 Å². The fourth-order valence-electron chi connectivity index (χ4n) is 2.14. The topological polar surface area (TPSA) is 66.5 Å². The minimum Gasteiger partial charge on any atom is -0.324 e. The third kappa shape index (κ3) is 4.15. The van der Waals surface area contributed by atoms with Crippen LogP contribution in [-0.4, -0.2) is 43.5 Å². The van der Waals surface area contributed by atoms with Gasteiger partial charge in [0.25, 0.3) is 5.91 Å². The number of benzene rings is 1. The van der Waals surface area contributed by atoms with E-state index in [1.807, 2.05) is 20.2 Å². The minimum atomic E-state index is -0.539. The molecule has 0 aromatic heterocycles. The van der Waals surface area contributed by atoms with Gasteiger partial charge in [0.05, 0.1) is 6.04 Å². The molecular weight excluding hydrogens is 288 g/mol. The number of nitrogens with zero attached hydrogens (tertiary/aromatic N) is 1. The first kappa shape index (κ1) is 17.4. The van der Waals surface area contributed by atoms with E-state index < -0.39 is 6.04 Å². The molecule has 0 saturated carbocycles.